The first-order valence-electron chi connectivity index (χ1n) is 5.83. The molecule has 0 saturated heterocycles. The molecule has 102 valence electrons. The van der Waals surface area contributed by atoms with Crippen LogP contribution < -0.4 is 4.18 Å². The molecule has 18 heavy (non-hydrogen) atoms. The van der Waals surface area contributed by atoms with Crippen LogP contribution in [0.1, 0.15) is 40.2 Å². The molecule has 0 bridgehead atoms. The van der Waals surface area contributed by atoms with Gasteiger partial charge in [0.1, 0.15) is 5.75 Å². The van der Waals surface area contributed by atoms with E-state index in [-0.39, 0.29) is 11.2 Å². The molecule has 0 spiro atoms. The van der Waals surface area contributed by atoms with Gasteiger partial charge in [0.15, 0.2) is 0 Å². The molecule has 0 fully saturated rings. The highest BCUT2D eigenvalue weighted by Gasteiger charge is 2.17. The molecule has 1 rings (SSSR count). The van der Waals surface area contributed by atoms with Crippen LogP contribution in [-0.4, -0.2) is 14.5 Å². The van der Waals surface area contributed by atoms with Gasteiger partial charge in [0, 0.05) is 0 Å². The molecule has 1 aromatic carbocycles. The molecule has 0 aromatic heterocycles. The van der Waals surface area contributed by atoms with E-state index in [0.29, 0.717) is 0 Å². The molecule has 0 saturated carbocycles. The summed E-state index contributed by atoms with van der Waals surface area (Å²) in [6.07, 6.45) is -0.441. The van der Waals surface area contributed by atoms with Gasteiger partial charge in [0.2, 0.25) is 0 Å². The molecular formula is C13H20O4S. The third-order valence-electron chi connectivity index (χ3n) is 2.23. The van der Waals surface area contributed by atoms with Crippen molar-refractivity contribution in [2.75, 3.05) is 0 Å². The van der Waals surface area contributed by atoms with Crippen LogP contribution in [0, 0.1) is 0 Å². The minimum atomic E-state index is -3.98. The Labute approximate surface area is 109 Å². The van der Waals surface area contributed by atoms with E-state index in [9.17, 15) is 8.42 Å². The van der Waals surface area contributed by atoms with Crippen LogP contribution in [0.2, 0.25) is 0 Å². The van der Waals surface area contributed by atoms with Crippen molar-refractivity contribution >= 4 is 10.4 Å². The summed E-state index contributed by atoms with van der Waals surface area (Å²) in [4.78, 5) is 0. The van der Waals surface area contributed by atoms with Crippen molar-refractivity contribution in [3.05, 3.63) is 29.8 Å². The Morgan fingerprint density at radius 1 is 1.06 bits per heavy atom. The second-order valence-electron chi connectivity index (χ2n) is 5.41. The number of hydrogen-bond acceptors (Lipinski definition) is 4. The fraction of sp³-hybridized carbons (Fsp3) is 0.538. The molecule has 0 aliphatic heterocycles. The van der Waals surface area contributed by atoms with Crippen LogP contribution in [-0.2, 0) is 20.0 Å². The number of hydrogen-bond donors (Lipinski definition) is 0. The zero-order valence-corrected chi connectivity index (χ0v) is 12.2. The van der Waals surface area contributed by atoms with Crippen molar-refractivity contribution in [2.24, 2.45) is 0 Å². The summed E-state index contributed by atoms with van der Waals surface area (Å²) in [6.45, 7) is 9.51. The van der Waals surface area contributed by atoms with Gasteiger partial charge in [0.25, 0.3) is 0 Å². The van der Waals surface area contributed by atoms with Crippen LogP contribution in [0.5, 0.6) is 5.75 Å². The maximum absolute atomic E-state index is 11.4. The molecule has 1 aromatic rings. The fourth-order valence-electron chi connectivity index (χ4n) is 1.38. The lowest BCUT2D eigenvalue weighted by atomic mass is 9.87. The molecular weight excluding hydrogens is 252 g/mol. The fourth-order valence-corrected chi connectivity index (χ4v) is 2.24. The van der Waals surface area contributed by atoms with Crippen molar-refractivity contribution < 1.29 is 16.8 Å². The Hall–Kier alpha value is -1.07. The normalized spacial score (nSPS) is 12.8. The first-order valence-corrected chi connectivity index (χ1v) is 7.17. The Morgan fingerprint density at radius 2 is 1.56 bits per heavy atom. The van der Waals surface area contributed by atoms with Crippen LogP contribution in [0.15, 0.2) is 24.3 Å². The Bertz CT molecular complexity index is 481. The lowest BCUT2D eigenvalue weighted by Crippen LogP contribution is -2.18. The van der Waals surface area contributed by atoms with Crippen molar-refractivity contribution in [1.29, 1.82) is 0 Å². The Kier molecular flexibility index (Phi) is 4.40. The Morgan fingerprint density at radius 3 is 1.94 bits per heavy atom. The molecule has 0 aliphatic rings. The second kappa shape index (κ2) is 5.28. The summed E-state index contributed by atoms with van der Waals surface area (Å²) in [6, 6.07) is 6.95. The number of rotatable bonds is 4. The van der Waals surface area contributed by atoms with E-state index in [1.165, 1.54) is 0 Å². The number of benzene rings is 1. The summed E-state index contributed by atoms with van der Waals surface area (Å²) < 4.78 is 32.4. The van der Waals surface area contributed by atoms with Crippen LogP contribution in [0.3, 0.4) is 0 Å². The van der Waals surface area contributed by atoms with Gasteiger partial charge >= 0.3 is 10.4 Å². The maximum Gasteiger partial charge on any atom is 0.449 e. The minimum Gasteiger partial charge on any atom is -0.362 e. The van der Waals surface area contributed by atoms with Gasteiger partial charge in [-0.3, -0.25) is 0 Å². The van der Waals surface area contributed by atoms with E-state index < -0.39 is 16.5 Å². The van der Waals surface area contributed by atoms with Gasteiger partial charge in [-0.05, 0) is 37.0 Å². The third kappa shape index (κ3) is 4.66. The smallest absolute Gasteiger partial charge is 0.362 e. The quantitative estimate of drug-likeness (QED) is 0.845. The zero-order chi connectivity index (χ0) is 14.0. The van der Waals surface area contributed by atoms with Gasteiger partial charge in [0.05, 0.1) is 6.10 Å². The van der Waals surface area contributed by atoms with Crippen LogP contribution in [0.25, 0.3) is 0 Å². The van der Waals surface area contributed by atoms with E-state index in [2.05, 4.69) is 25.0 Å². The van der Waals surface area contributed by atoms with Gasteiger partial charge < -0.3 is 4.18 Å². The first-order chi connectivity index (χ1) is 8.10. The van der Waals surface area contributed by atoms with Crippen molar-refractivity contribution in [3.63, 3.8) is 0 Å². The second-order valence-corrected chi connectivity index (χ2v) is 6.59. The van der Waals surface area contributed by atoms with Crippen molar-refractivity contribution in [3.8, 4) is 5.75 Å². The van der Waals surface area contributed by atoms with E-state index in [0.717, 1.165) is 5.56 Å². The molecule has 0 unspecified atom stereocenters. The van der Waals surface area contributed by atoms with Gasteiger partial charge in [-0.1, -0.05) is 32.9 Å². The van der Waals surface area contributed by atoms with E-state index >= 15 is 0 Å². The maximum atomic E-state index is 11.4. The predicted octanol–water partition coefficient (Wildman–Crippen LogP) is 3.03. The van der Waals surface area contributed by atoms with E-state index in [1.54, 1.807) is 26.0 Å². The molecule has 0 heterocycles. The third-order valence-corrected chi connectivity index (χ3v) is 3.25. The Balaban J connectivity index is 2.82. The average molecular weight is 272 g/mol. The summed E-state index contributed by atoms with van der Waals surface area (Å²) in [5.41, 5.74) is 1.13. The molecule has 5 heteroatoms. The molecule has 0 N–H and O–H groups in total. The standard InChI is InChI=1S/C13H20O4S/c1-10(2)16-18(14,15)17-12-8-6-11(7-9-12)13(3,4)5/h6-10H,1-5H3. The van der Waals surface area contributed by atoms with Crippen LogP contribution in [0.4, 0.5) is 0 Å². The monoisotopic (exact) mass is 272 g/mol. The zero-order valence-electron chi connectivity index (χ0n) is 11.4. The van der Waals surface area contributed by atoms with Gasteiger partial charge in [-0.25, -0.2) is 4.18 Å². The molecule has 0 amide bonds. The minimum absolute atomic E-state index is 0.0197. The van der Waals surface area contributed by atoms with Crippen LogP contribution >= 0.6 is 0 Å². The van der Waals surface area contributed by atoms with Crippen molar-refractivity contribution in [2.45, 2.75) is 46.1 Å². The molecule has 0 radical (unpaired) electrons. The van der Waals surface area contributed by atoms with Gasteiger partial charge in [-0.15, -0.1) is 0 Å². The van der Waals surface area contributed by atoms with Crippen molar-refractivity contribution in [1.82, 2.24) is 0 Å². The summed E-state index contributed by atoms with van der Waals surface area (Å²) >= 11 is 0. The highest BCUT2D eigenvalue weighted by atomic mass is 32.3. The molecule has 0 atom stereocenters. The van der Waals surface area contributed by atoms with Gasteiger partial charge in [-0.2, -0.15) is 8.42 Å². The molecule has 0 aliphatic carbocycles. The summed E-state index contributed by atoms with van der Waals surface area (Å²) in [5, 5.41) is 0. The lowest BCUT2D eigenvalue weighted by Gasteiger charge is -2.19. The lowest BCUT2D eigenvalue weighted by molar-refractivity contribution is 0.217. The highest BCUT2D eigenvalue weighted by molar-refractivity contribution is 7.82. The summed E-state index contributed by atoms with van der Waals surface area (Å²) in [5.74, 6) is 0.253. The predicted molar refractivity (Wildman–Crippen MR) is 70.9 cm³/mol. The summed E-state index contributed by atoms with van der Waals surface area (Å²) in [7, 11) is -3.98. The molecule has 4 nitrogen and oxygen atoms in total. The SMILES string of the molecule is CC(C)OS(=O)(=O)Oc1ccc(C(C)(C)C)cc1. The van der Waals surface area contributed by atoms with E-state index in [4.69, 9.17) is 4.18 Å². The highest BCUT2D eigenvalue weighted by Crippen LogP contribution is 2.25. The van der Waals surface area contributed by atoms with E-state index in [1.807, 2.05) is 12.1 Å². The topological polar surface area (TPSA) is 52.6 Å². The first kappa shape index (κ1) is 15.0. The largest absolute Gasteiger partial charge is 0.449 e. The average Bonchev–Trinajstić information content (AvgIpc) is 2.13.